The van der Waals surface area contributed by atoms with Crippen LogP contribution in [0.2, 0.25) is 5.02 Å². The summed E-state index contributed by atoms with van der Waals surface area (Å²) in [6.45, 7) is 1.22. The van der Waals surface area contributed by atoms with E-state index < -0.39 is 27.2 Å². The minimum absolute atomic E-state index is 0.0224. The molecule has 0 amide bonds. The van der Waals surface area contributed by atoms with Crippen molar-refractivity contribution in [2.45, 2.75) is 6.92 Å². The number of benzene rings is 3. The normalized spacial score (nSPS) is 10.8. The highest BCUT2D eigenvalue weighted by molar-refractivity contribution is 6.30. The molecule has 0 aliphatic heterocycles. The van der Waals surface area contributed by atoms with Crippen molar-refractivity contribution >= 4 is 39.9 Å². The van der Waals surface area contributed by atoms with Gasteiger partial charge < -0.3 is 9.15 Å². The van der Waals surface area contributed by atoms with E-state index in [-0.39, 0.29) is 33.3 Å². The first-order valence-corrected chi connectivity index (χ1v) is 10.0. The van der Waals surface area contributed by atoms with Gasteiger partial charge in [-0.3, -0.25) is 25.0 Å². The van der Waals surface area contributed by atoms with Crippen LogP contribution in [0.4, 0.5) is 11.4 Å². The van der Waals surface area contributed by atoms with E-state index in [1.165, 1.54) is 31.4 Å². The summed E-state index contributed by atoms with van der Waals surface area (Å²) in [7, 11) is 0. The molecule has 1 aromatic heterocycles. The molecule has 0 saturated heterocycles. The molecule has 34 heavy (non-hydrogen) atoms. The number of rotatable bonds is 5. The number of nitro groups is 2. The number of halogens is 1. The molecule has 4 rings (SSSR count). The van der Waals surface area contributed by atoms with Gasteiger partial charge in [-0.05, 0) is 36.8 Å². The fraction of sp³-hybridized carbons (Fsp3) is 0.0435. The van der Waals surface area contributed by atoms with E-state index in [0.717, 1.165) is 12.1 Å². The van der Waals surface area contributed by atoms with Gasteiger partial charge in [0.2, 0.25) is 0 Å². The van der Waals surface area contributed by atoms with Gasteiger partial charge in [-0.15, -0.1) is 0 Å². The summed E-state index contributed by atoms with van der Waals surface area (Å²) in [5.41, 5.74) is -0.980. The predicted octanol–water partition coefficient (Wildman–Crippen LogP) is 5.46. The summed E-state index contributed by atoms with van der Waals surface area (Å²) in [6, 6.07) is 12.5. The van der Waals surface area contributed by atoms with Gasteiger partial charge in [0.15, 0.2) is 5.43 Å². The third kappa shape index (κ3) is 4.21. The minimum Gasteiger partial charge on any atom is -0.463 e. The quantitative estimate of drug-likeness (QED) is 0.158. The molecule has 3 aromatic carbocycles. The van der Waals surface area contributed by atoms with E-state index in [9.17, 15) is 29.8 Å². The van der Waals surface area contributed by atoms with E-state index in [4.69, 9.17) is 20.8 Å². The van der Waals surface area contributed by atoms with E-state index in [1.807, 2.05) is 0 Å². The maximum Gasteiger partial charge on any atom is 0.344 e. The van der Waals surface area contributed by atoms with Crippen molar-refractivity contribution < 1.29 is 23.8 Å². The van der Waals surface area contributed by atoms with Gasteiger partial charge in [-0.2, -0.15) is 0 Å². The van der Waals surface area contributed by atoms with Crippen LogP contribution in [0.15, 0.2) is 70.1 Å². The summed E-state index contributed by atoms with van der Waals surface area (Å²) in [6.07, 6.45) is 1.27. The molecule has 10 nitrogen and oxygen atoms in total. The highest BCUT2D eigenvalue weighted by Gasteiger charge is 2.26. The van der Waals surface area contributed by atoms with Crippen molar-refractivity contribution in [3.8, 4) is 16.9 Å². The number of carbonyl (C=O) groups is 1. The Bertz CT molecular complexity index is 1510. The van der Waals surface area contributed by atoms with Crippen LogP contribution in [0, 0.1) is 27.2 Å². The van der Waals surface area contributed by atoms with Crippen LogP contribution in [-0.2, 0) is 0 Å². The summed E-state index contributed by atoms with van der Waals surface area (Å²) >= 11 is 5.88. The van der Waals surface area contributed by atoms with E-state index in [0.29, 0.717) is 16.1 Å². The van der Waals surface area contributed by atoms with Gasteiger partial charge in [0.05, 0.1) is 26.4 Å². The van der Waals surface area contributed by atoms with Crippen LogP contribution in [0.25, 0.3) is 22.1 Å². The first-order chi connectivity index (χ1) is 16.2. The molecule has 11 heteroatoms. The second-order valence-electron chi connectivity index (χ2n) is 7.19. The average Bonchev–Trinajstić information content (AvgIpc) is 2.79. The molecule has 0 fully saturated rings. The number of hydrogen-bond donors (Lipinski definition) is 0. The van der Waals surface area contributed by atoms with E-state index in [2.05, 4.69) is 0 Å². The maximum atomic E-state index is 12.9. The molecule has 170 valence electrons. The Hall–Kier alpha value is -4.57. The Kier molecular flexibility index (Phi) is 5.82. The monoisotopic (exact) mass is 480 g/mol. The first-order valence-electron chi connectivity index (χ1n) is 9.63. The second kappa shape index (κ2) is 8.75. The predicted molar refractivity (Wildman–Crippen MR) is 122 cm³/mol. The van der Waals surface area contributed by atoms with Crippen LogP contribution in [0.3, 0.4) is 0 Å². The average molecular weight is 481 g/mol. The Morgan fingerprint density at radius 1 is 0.971 bits per heavy atom. The lowest BCUT2D eigenvalue weighted by Gasteiger charge is -2.07. The van der Waals surface area contributed by atoms with Crippen LogP contribution in [-0.4, -0.2) is 15.8 Å². The standard InChI is InChI=1S/C23H13ClN2O8/c1-12-19(25(29)30)8-14(9-20(12)26(31)32)23(28)34-16-6-7-17-21(10-16)33-11-18(22(17)27)13-2-4-15(24)5-3-13/h2-11H,1H3. The van der Waals surface area contributed by atoms with Crippen LogP contribution in [0.5, 0.6) is 5.75 Å². The molecule has 0 spiro atoms. The largest absolute Gasteiger partial charge is 0.463 e. The van der Waals surface area contributed by atoms with Crippen molar-refractivity contribution in [3.05, 3.63) is 107 Å². The summed E-state index contributed by atoms with van der Waals surface area (Å²) in [5, 5.41) is 23.2. The van der Waals surface area contributed by atoms with Gasteiger partial charge in [0, 0.05) is 23.2 Å². The van der Waals surface area contributed by atoms with Gasteiger partial charge in [-0.25, -0.2) is 4.79 Å². The SMILES string of the molecule is Cc1c([N+](=O)[O-])cc(C(=O)Oc2ccc3c(=O)c(-c4ccc(Cl)cc4)coc3c2)cc1[N+](=O)[O-]. The molecule has 0 unspecified atom stereocenters. The van der Waals surface area contributed by atoms with E-state index >= 15 is 0 Å². The van der Waals surface area contributed by atoms with Crippen molar-refractivity contribution in [2.24, 2.45) is 0 Å². The summed E-state index contributed by atoms with van der Waals surface area (Å²) in [4.78, 5) is 46.3. The number of esters is 1. The van der Waals surface area contributed by atoms with Crippen LogP contribution < -0.4 is 10.2 Å². The lowest BCUT2D eigenvalue weighted by atomic mass is 10.1. The molecule has 1 heterocycles. The smallest absolute Gasteiger partial charge is 0.344 e. The number of hydrogen-bond acceptors (Lipinski definition) is 8. The summed E-state index contributed by atoms with van der Waals surface area (Å²) in [5.74, 6) is -1.07. The lowest BCUT2D eigenvalue weighted by Crippen LogP contribution is -2.11. The van der Waals surface area contributed by atoms with Crippen molar-refractivity contribution in [2.75, 3.05) is 0 Å². The number of fused-ring (bicyclic) bond motifs is 1. The third-order valence-corrected chi connectivity index (χ3v) is 5.35. The molecular weight excluding hydrogens is 468 g/mol. The zero-order valence-electron chi connectivity index (χ0n) is 17.3. The van der Waals surface area contributed by atoms with Crippen LogP contribution >= 0.6 is 11.6 Å². The molecule has 0 bridgehead atoms. The highest BCUT2D eigenvalue weighted by atomic mass is 35.5. The number of ether oxygens (including phenoxy) is 1. The zero-order valence-corrected chi connectivity index (χ0v) is 18.1. The zero-order chi connectivity index (χ0) is 24.6. The molecule has 4 aromatic rings. The fourth-order valence-corrected chi connectivity index (χ4v) is 3.47. The van der Waals surface area contributed by atoms with Gasteiger partial charge in [0.25, 0.3) is 11.4 Å². The van der Waals surface area contributed by atoms with Crippen molar-refractivity contribution in [1.29, 1.82) is 0 Å². The van der Waals surface area contributed by atoms with Gasteiger partial charge in [0.1, 0.15) is 23.2 Å². The van der Waals surface area contributed by atoms with Gasteiger partial charge >= 0.3 is 5.97 Å². The minimum atomic E-state index is -1.05. The lowest BCUT2D eigenvalue weighted by molar-refractivity contribution is -0.395. The molecule has 0 saturated carbocycles. The number of carbonyl (C=O) groups excluding carboxylic acids is 1. The Labute approximate surface area is 195 Å². The molecule has 0 radical (unpaired) electrons. The molecule has 0 N–H and O–H groups in total. The summed E-state index contributed by atoms with van der Waals surface area (Å²) < 4.78 is 10.8. The highest BCUT2D eigenvalue weighted by Crippen LogP contribution is 2.30. The molecule has 0 atom stereocenters. The Morgan fingerprint density at radius 3 is 2.18 bits per heavy atom. The molecule has 0 aliphatic carbocycles. The third-order valence-electron chi connectivity index (χ3n) is 5.09. The molecular formula is C23H13ClN2O8. The maximum absolute atomic E-state index is 12.9. The Balaban J connectivity index is 1.68. The van der Waals surface area contributed by atoms with Gasteiger partial charge in [-0.1, -0.05) is 23.7 Å². The molecule has 0 aliphatic rings. The second-order valence-corrected chi connectivity index (χ2v) is 7.62. The van der Waals surface area contributed by atoms with Crippen molar-refractivity contribution in [1.82, 2.24) is 0 Å². The van der Waals surface area contributed by atoms with Crippen LogP contribution in [0.1, 0.15) is 15.9 Å². The first kappa shape index (κ1) is 22.6. The topological polar surface area (TPSA) is 143 Å². The van der Waals surface area contributed by atoms with E-state index in [1.54, 1.807) is 24.3 Å². The fourth-order valence-electron chi connectivity index (χ4n) is 3.35. The number of nitro benzene ring substituents is 2. The Morgan fingerprint density at radius 2 is 1.59 bits per heavy atom. The number of nitrogens with zero attached hydrogens (tertiary/aromatic N) is 2. The van der Waals surface area contributed by atoms with Crippen molar-refractivity contribution in [3.63, 3.8) is 0 Å².